The van der Waals surface area contributed by atoms with E-state index in [1.54, 1.807) is 0 Å². The third-order valence-corrected chi connectivity index (χ3v) is 4.03. The molecule has 0 bridgehead atoms. The molecule has 1 N–H and O–H groups in total. The molecule has 4 nitrogen and oxygen atoms in total. The van der Waals surface area contributed by atoms with Crippen LogP contribution in [0.2, 0.25) is 0 Å². The number of hydrogen-bond acceptors (Lipinski definition) is 4. The van der Waals surface area contributed by atoms with Gasteiger partial charge < -0.3 is 5.11 Å². The van der Waals surface area contributed by atoms with E-state index in [9.17, 15) is 9.90 Å². The van der Waals surface area contributed by atoms with Gasteiger partial charge in [-0.05, 0) is 30.2 Å². The van der Waals surface area contributed by atoms with Gasteiger partial charge in [0.05, 0.1) is 11.9 Å². The molecule has 1 aromatic carbocycles. The molecule has 106 valence electrons. The van der Waals surface area contributed by atoms with E-state index >= 15 is 0 Å². The Bertz CT molecular complexity index is 671. The molecule has 0 atom stereocenters. The minimum absolute atomic E-state index is 0.00504. The summed E-state index contributed by atoms with van der Waals surface area (Å²) < 4.78 is 2.37. The molecule has 0 amide bonds. The minimum atomic E-state index is -0.159. The summed E-state index contributed by atoms with van der Waals surface area (Å²) in [6, 6.07) is 7.48. The number of nitrogens with zero attached hydrogens (tertiary/aromatic N) is 2. The summed E-state index contributed by atoms with van der Waals surface area (Å²) in [6.45, 7) is 4.51. The topological polar surface area (TPSA) is 54.6 Å². The van der Waals surface area contributed by atoms with Crippen LogP contribution in [-0.2, 0) is 6.54 Å². The molecule has 1 heterocycles. The summed E-state index contributed by atoms with van der Waals surface area (Å²) in [5.74, 6) is 0.291. The second-order valence-electron chi connectivity index (χ2n) is 4.79. The van der Waals surface area contributed by atoms with Crippen LogP contribution in [0, 0.1) is 5.92 Å². The Morgan fingerprint density at radius 2 is 2.05 bits per heavy atom. The Balaban J connectivity index is 2.26. The number of aliphatic imine (C=N–C) groups is 1. The highest BCUT2D eigenvalue weighted by atomic mass is 79.9. The molecular weight excluding hydrogens is 340 g/mol. The Morgan fingerprint density at radius 3 is 2.65 bits per heavy atom. The van der Waals surface area contributed by atoms with Crippen molar-refractivity contribution in [3.63, 3.8) is 0 Å². The van der Waals surface area contributed by atoms with E-state index in [1.165, 1.54) is 10.8 Å². The highest BCUT2D eigenvalue weighted by Crippen LogP contribution is 2.21. The Kier molecular flexibility index (Phi) is 4.77. The Hall–Kier alpha value is -1.40. The lowest BCUT2D eigenvalue weighted by Crippen LogP contribution is -2.15. The van der Waals surface area contributed by atoms with Crippen molar-refractivity contribution in [2.45, 2.75) is 20.4 Å². The SMILES string of the molecule is CC(C)Cn1c(O)c(C=Nc2ccc(Br)cc2)sc1=O. The number of thiazole rings is 1. The van der Waals surface area contributed by atoms with Gasteiger partial charge in [0, 0.05) is 11.0 Å². The van der Waals surface area contributed by atoms with Crippen molar-refractivity contribution in [2.24, 2.45) is 10.9 Å². The lowest BCUT2D eigenvalue weighted by molar-refractivity contribution is 0.389. The largest absolute Gasteiger partial charge is 0.493 e. The van der Waals surface area contributed by atoms with Gasteiger partial charge in [0.1, 0.15) is 4.88 Å². The lowest BCUT2D eigenvalue weighted by atomic mass is 10.2. The van der Waals surface area contributed by atoms with Gasteiger partial charge >= 0.3 is 4.87 Å². The van der Waals surface area contributed by atoms with Crippen LogP contribution in [0.3, 0.4) is 0 Å². The molecule has 0 saturated carbocycles. The molecule has 0 unspecified atom stereocenters. The first-order chi connectivity index (χ1) is 9.47. The maximum atomic E-state index is 11.8. The summed E-state index contributed by atoms with van der Waals surface area (Å²) in [5.41, 5.74) is 0.767. The first-order valence-corrected chi connectivity index (χ1v) is 7.80. The molecule has 0 fully saturated rings. The summed E-state index contributed by atoms with van der Waals surface area (Å²) in [4.78, 5) is 16.4. The van der Waals surface area contributed by atoms with Crippen LogP contribution in [0.4, 0.5) is 5.69 Å². The molecule has 2 aromatic rings. The molecule has 1 aromatic heterocycles. The van der Waals surface area contributed by atoms with Gasteiger partial charge in [-0.25, -0.2) is 0 Å². The van der Waals surface area contributed by atoms with E-state index in [1.807, 2.05) is 38.1 Å². The van der Waals surface area contributed by atoms with E-state index < -0.39 is 0 Å². The van der Waals surface area contributed by atoms with Crippen molar-refractivity contribution in [1.29, 1.82) is 0 Å². The normalized spacial score (nSPS) is 11.6. The van der Waals surface area contributed by atoms with E-state index in [0.717, 1.165) is 21.5 Å². The zero-order valence-corrected chi connectivity index (χ0v) is 13.6. The number of aromatic hydroxyl groups is 1. The maximum Gasteiger partial charge on any atom is 0.310 e. The molecule has 0 aliphatic heterocycles. The number of hydrogen-bond donors (Lipinski definition) is 1. The molecule has 20 heavy (non-hydrogen) atoms. The number of benzene rings is 1. The van der Waals surface area contributed by atoms with Gasteiger partial charge in [0.2, 0.25) is 5.88 Å². The van der Waals surface area contributed by atoms with Crippen molar-refractivity contribution in [3.05, 3.63) is 43.3 Å². The van der Waals surface area contributed by atoms with Crippen LogP contribution >= 0.6 is 27.3 Å². The quantitative estimate of drug-likeness (QED) is 0.849. The second-order valence-corrected chi connectivity index (χ2v) is 6.70. The third kappa shape index (κ3) is 3.58. The van der Waals surface area contributed by atoms with Gasteiger partial charge in [0.15, 0.2) is 0 Å². The van der Waals surface area contributed by atoms with E-state index in [4.69, 9.17) is 0 Å². The van der Waals surface area contributed by atoms with Gasteiger partial charge in [-0.1, -0.05) is 41.1 Å². The van der Waals surface area contributed by atoms with Crippen molar-refractivity contribution >= 4 is 39.2 Å². The summed E-state index contributed by atoms with van der Waals surface area (Å²) in [6.07, 6.45) is 1.53. The number of halogens is 1. The summed E-state index contributed by atoms with van der Waals surface area (Å²) in [5, 5.41) is 10.1. The van der Waals surface area contributed by atoms with Gasteiger partial charge in [0.25, 0.3) is 0 Å². The second kappa shape index (κ2) is 6.37. The lowest BCUT2D eigenvalue weighted by Gasteiger charge is -2.05. The average Bonchev–Trinajstić information content (AvgIpc) is 2.65. The molecule has 2 rings (SSSR count). The first-order valence-electron chi connectivity index (χ1n) is 6.19. The van der Waals surface area contributed by atoms with E-state index in [-0.39, 0.29) is 10.8 Å². The van der Waals surface area contributed by atoms with Gasteiger partial charge in [-0.2, -0.15) is 0 Å². The third-order valence-electron chi connectivity index (χ3n) is 2.60. The molecule has 0 saturated heterocycles. The van der Waals surface area contributed by atoms with Gasteiger partial charge in [-0.3, -0.25) is 14.4 Å². The monoisotopic (exact) mass is 354 g/mol. The average molecular weight is 355 g/mol. The predicted octanol–water partition coefficient (Wildman–Crippen LogP) is 3.78. The molecule has 0 aliphatic carbocycles. The highest BCUT2D eigenvalue weighted by molar-refractivity contribution is 9.10. The molecule has 6 heteroatoms. The van der Waals surface area contributed by atoms with Crippen molar-refractivity contribution < 1.29 is 5.11 Å². The maximum absolute atomic E-state index is 11.8. The number of rotatable bonds is 4. The van der Waals surface area contributed by atoms with Crippen LogP contribution < -0.4 is 4.87 Å². The first kappa shape index (κ1) is 15.0. The number of aromatic nitrogens is 1. The summed E-state index contributed by atoms with van der Waals surface area (Å²) >= 11 is 4.36. The van der Waals surface area contributed by atoms with E-state index in [0.29, 0.717) is 17.3 Å². The van der Waals surface area contributed by atoms with Crippen LogP contribution in [0.1, 0.15) is 18.7 Å². The van der Waals surface area contributed by atoms with Crippen molar-refractivity contribution in [1.82, 2.24) is 4.57 Å². The smallest absolute Gasteiger partial charge is 0.310 e. The fraction of sp³-hybridized carbons (Fsp3) is 0.286. The van der Waals surface area contributed by atoms with Crippen molar-refractivity contribution in [3.8, 4) is 5.88 Å². The van der Waals surface area contributed by atoms with Crippen LogP contribution in [-0.4, -0.2) is 15.9 Å². The Labute approximate surface area is 129 Å². The minimum Gasteiger partial charge on any atom is -0.493 e. The summed E-state index contributed by atoms with van der Waals surface area (Å²) in [7, 11) is 0. The zero-order valence-electron chi connectivity index (χ0n) is 11.2. The fourth-order valence-electron chi connectivity index (χ4n) is 1.68. The zero-order chi connectivity index (χ0) is 14.7. The van der Waals surface area contributed by atoms with Crippen LogP contribution in [0.15, 0.2) is 38.5 Å². The van der Waals surface area contributed by atoms with Crippen LogP contribution in [0.25, 0.3) is 0 Å². The molecular formula is C14H15BrN2O2S. The Morgan fingerprint density at radius 1 is 1.40 bits per heavy atom. The molecule has 0 spiro atoms. The highest BCUT2D eigenvalue weighted by Gasteiger charge is 2.13. The predicted molar refractivity (Wildman–Crippen MR) is 86.5 cm³/mol. The standard InChI is InChI=1S/C14H15BrN2O2S/c1-9(2)8-17-13(18)12(20-14(17)19)7-16-11-5-3-10(15)4-6-11/h3-7,9,18H,8H2,1-2H3. The van der Waals surface area contributed by atoms with Crippen molar-refractivity contribution in [2.75, 3.05) is 0 Å². The van der Waals surface area contributed by atoms with E-state index in [2.05, 4.69) is 20.9 Å². The molecule has 0 radical (unpaired) electrons. The van der Waals surface area contributed by atoms with Crippen LogP contribution in [0.5, 0.6) is 5.88 Å². The van der Waals surface area contributed by atoms with Gasteiger partial charge in [-0.15, -0.1) is 0 Å². The molecule has 0 aliphatic rings. The fourth-order valence-corrected chi connectivity index (χ4v) is 2.72.